The number of nitrogens with zero attached hydrogens (tertiary/aromatic N) is 1. The first-order valence-corrected chi connectivity index (χ1v) is 6.15. The van der Waals surface area contributed by atoms with Crippen molar-refractivity contribution in [2.75, 3.05) is 6.54 Å². The Bertz CT molecular complexity index is 575. The van der Waals surface area contributed by atoms with E-state index in [1.807, 2.05) is 23.9 Å². The Morgan fingerprint density at radius 2 is 2.11 bits per heavy atom. The third-order valence-corrected chi connectivity index (χ3v) is 3.09. The molecule has 1 aromatic heterocycles. The monoisotopic (exact) mass is 262 g/mol. The van der Waals surface area contributed by atoms with E-state index in [2.05, 4.69) is 0 Å². The average molecular weight is 263 g/mol. The van der Waals surface area contributed by atoms with Crippen LogP contribution in [0.15, 0.2) is 36.5 Å². The number of carbonyl (C=O) groups is 1. The van der Waals surface area contributed by atoms with E-state index in [4.69, 9.17) is 17.3 Å². The maximum absolute atomic E-state index is 12.3. The van der Waals surface area contributed by atoms with Crippen molar-refractivity contribution in [3.63, 3.8) is 0 Å². The molecule has 0 aliphatic heterocycles. The van der Waals surface area contributed by atoms with Gasteiger partial charge in [-0.05, 0) is 31.2 Å². The Labute approximate surface area is 111 Å². The molecule has 3 nitrogen and oxygen atoms in total. The van der Waals surface area contributed by atoms with E-state index in [-0.39, 0.29) is 5.78 Å². The first-order valence-electron chi connectivity index (χ1n) is 5.77. The number of halogens is 1. The maximum Gasteiger partial charge on any atom is 0.194 e. The van der Waals surface area contributed by atoms with E-state index in [1.54, 1.807) is 24.3 Å². The summed E-state index contributed by atoms with van der Waals surface area (Å²) in [5.74, 6) is -0.0172. The lowest BCUT2D eigenvalue weighted by Gasteiger charge is -1.98. The topological polar surface area (TPSA) is 48.0 Å². The average Bonchev–Trinajstić information content (AvgIpc) is 2.71. The van der Waals surface area contributed by atoms with E-state index >= 15 is 0 Å². The van der Waals surface area contributed by atoms with Crippen LogP contribution in [-0.4, -0.2) is 16.9 Å². The normalized spacial score (nSPS) is 10.6. The molecule has 1 aromatic carbocycles. The summed E-state index contributed by atoms with van der Waals surface area (Å²) in [4.78, 5) is 12.3. The summed E-state index contributed by atoms with van der Waals surface area (Å²) in [7, 11) is 1.92. The number of hydrogen-bond donors (Lipinski definition) is 1. The summed E-state index contributed by atoms with van der Waals surface area (Å²) in [5.41, 5.74) is 7.86. The summed E-state index contributed by atoms with van der Waals surface area (Å²) < 4.78 is 1.94. The van der Waals surface area contributed by atoms with Gasteiger partial charge < -0.3 is 10.3 Å². The van der Waals surface area contributed by atoms with E-state index in [0.29, 0.717) is 22.7 Å². The first kappa shape index (κ1) is 12.9. The van der Waals surface area contributed by atoms with Crippen LogP contribution in [0.25, 0.3) is 0 Å². The lowest BCUT2D eigenvalue weighted by molar-refractivity contribution is 0.103. The highest BCUT2D eigenvalue weighted by atomic mass is 35.5. The van der Waals surface area contributed by atoms with Gasteiger partial charge in [0.05, 0.1) is 0 Å². The molecular weight excluding hydrogens is 248 g/mol. The highest BCUT2D eigenvalue weighted by molar-refractivity contribution is 6.31. The second kappa shape index (κ2) is 5.38. The van der Waals surface area contributed by atoms with Crippen LogP contribution in [0.4, 0.5) is 0 Å². The fourth-order valence-corrected chi connectivity index (χ4v) is 2.12. The zero-order valence-electron chi connectivity index (χ0n) is 10.2. The fourth-order valence-electron chi connectivity index (χ4n) is 1.93. The van der Waals surface area contributed by atoms with Gasteiger partial charge >= 0.3 is 0 Å². The van der Waals surface area contributed by atoms with Gasteiger partial charge in [0.25, 0.3) is 0 Å². The molecule has 94 valence electrons. The summed E-state index contributed by atoms with van der Waals surface area (Å²) in [6.45, 7) is 0.572. The van der Waals surface area contributed by atoms with Gasteiger partial charge in [-0.1, -0.05) is 23.7 Å². The van der Waals surface area contributed by atoms with Gasteiger partial charge in [0.2, 0.25) is 0 Å². The zero-order valence-corrected chi connectivity index (χ0v) is 10.9. The predicted molar refractivity (Wildman–Crippen MR) is 73.1 cm³/mol. The molecule has 4 heteroatoms. The van der Waals surface area contributed by atoms with E-state index in [1.165, 1.54) is 0 Å². The Hall–Kier alpha value is -1.58. The summed E-state index contributed by atoms with van der Waals surface area (Å²) >= 11 is 5.89. The molecule has 0 atom stereocenters. The molecule has 2 rings (SSSR count). The maximum atomic E-state index is 12.3. The molecule has 2 N–H and O–H groups in total. The fraction of sp³-hybridized carbons (Fsp3) is 0.214. The molecule has 0 unspecified atom stereocenters. The van der Waals surface area contributed by atoms with Crippen LogP contribution in [0.1, 0.15) is 21.6 Å². The molecule has 0 aliphatic carbocycles. The van der Waals surface area contributed by atoms with Gasteiger partial charge in [0.15, 0.2) is 5.78 Å². The molecule has 0 radical (unpaired) electrons. The minimum atomic E-state index is -0.0172. The van der Waals surface area contributed by atoms with E-state index in [9.17, 15) is 4.79 Å². The summed E-state index contributed by atoms with van der Waals surface area (Å²) in [6.07, 6.45) is 2.59. The molecule has 0 saturated heterocycles. The number of aryl methyl sites for hydroxylation is 1. The van der Waals surface area contributed by atoms with Crippen molar-refractivity contribution in [3.05, 3.63) is 58.4 Å². The molecule has 18 heavy (non-hydrogen) atoms. The number of benzene rings is 1. The minimum absolute atomic E-state index is 0.0172. The minimum Gasteiger partial charge on any atom is -0.354 e. The molecular formula is C14H15ClN2O. The Balaban J connectivity index is 2.31. The molecule has 0 bridgehead atoms. The number of carbonyl (C=O) groups excluding carboxylic acids is 1. The highest BCUT2D eigenvalue weighted by Crippen LogP contribution is 2.16. The predicted octanol–water partition coefficient (Wildman–Crippen LogP) is 2.41. The van der Waals surface area contributed by atoms with Crippen LogP contribution >= 0.6 is 11.6 Å². The zero-order chi connectivity index (χ0) is 13.1. The molecule has 0 spiro atoms. The third-order valence-electron chi connectivity index (χ3n) is 2.86. The molecule has 0 saturated carbocycles. The number of hydrogen-bond acceptors (Lipinski definition) is 2. The number of aromatic nitrogens is 1. The lowest BCUT2D eigenvalue weighted by atomic mass is 10.1. The second-order valence-electron chi connectivity index (χ2n) is 4.21. The van der Waals surface area contributed by atoms with Gasteiger partial charge in [-0.3, -0.25) is 4.79 Å². The Morgan fingerprint density at radius 1 is 1.33 bits per heavy atom. The number of nitrogens with two attached hydrogens (primary N) is 1. The van der Waals surface area contributed by atoms with Crippen LogP contribution < -0.4 is 5.73 Å². The molecule has 0 amide bonds. The second-order valence-corrected chi connectivity index (χ2v) is 4.65. The van der Waals surface area contributed by atoms with E-state index < -0.39 is 0 Å². The van der Waals surface area contributed by atoms with Crippen LogP contribution in [-0.2, 0) is 13.5 Å². The van der Waals surface area contributed by atoms with Gasteiger partial charge in [-0.15, -0.1) is 0 Å². The molecule has 0 aliphatic rings. The van der Waals surface area contributed by atoms with Crippen LogP contribution in [0.2, 0.25) is 5.02 Å². The quantitative estimate of drug-likeness (QED) is 0.861. The van der Waals surface area contributed by atoms with Crippen LogP contribution in [0, 0.1) is 0 Å². The van der Waals surface area contributed by atoms with Crippen molar-refractivity contribution < 1.29 is 4.79 Å². The highest BCUT2D eigenvalue weighted by Gasteiger charge is 2.12. The van der Waals surface area contributed by atoms with Crippen LogP contribution in [0.5, 0.6) is 0 Å². The molecule has 2 aromatic rings. The number of rotatable bonds is 4. The Morgan fingerprint density at radius 3 is 2.78 bits per heavy atom. The molecule has 0 fully saturated rings. The third kappa shape index (κ3) is 2.63. The van der Waals surface area contributed by atoms with Gasteiger partial charge in [0.1, 0.15) is 0 Å². The van der Waals surface area contributed by atoms with Crippen molar-refractivity contribution in [1.29, 1.82) is 0 Å². The van der Waals surface area contributed by atoms with E-state index in [0.717, 1.165) is 12.1 Å². The summed E-state index contributed by atoms with van der Waals surface area (Å²) in [5, 5.41) is 0.568. The standard InChI is InChI=1S/C14H15ClN2O/c1-17-9-11(8-13(17)5-6-16)14(18)10-3-2-4-12(15)7-10/h2-4,7-9H,5-6,16H2,1H3. The first-order chi connectivity index (χ1) is 8.61. The van der Waals surface area contributed by atoms with Crippen LogP contribution in [0.3, 0.4) is 0 Å². The lowest BCUT2D eigenvalue weighted by Crippen LogP contribution is -2.05. The SMILES string of the molecule is Cn1cc(C(=O)c2cccc(Cl)c2)cc1CCN. The van der Waals surface area contributed by atoms with Gasteiger partial charge in [-0.2, -0.15) is 0 Å². The van der Waals surface area contributed by atoms with Crippen molar-refractivity contribution in [3.8, 4) is 0 Å². The smallest absolute Gasteiger partial charge is 0.194 e. The van der Waals surface area contributed by atoms with Gasteiger partial charge in [0, 0.05) is 35.1 Å². The van der Waals surface area contributed by atoms with Gasteiger partial charge in [-0.25, -0.2) is 0 Å². The van der Waals surface area contributed by atoms with Crippen molar-refractivity contribution in [1.82, 2.24) is 4.57 Å². The van der Waals surface area contributed by atoms with Crippen molar-refractivity contribution >= 4 is 17.4 Å². The number of ketones is 1. The Kier molecular flexibility index (Phi) is 3.84. The summed E-state index contributed by atoms with van der Waals surface area (Å²) in [6, 6.07) is 8.86. The van der Waals surface area contributed by atoms with Crippen molar-refractivity contribution in [2.24, 2.45) is 12.8 Å². The largest absolute Gasteiger partial charge is 0.354 e. The molecule has 1 heterocycles. The van der Waals surface area contributed by atoms with Crippen molar-refractivity contribution in [2.45, 2.75) is 6.42 Å².